The normalized spacial score (nSPS) is 13.7. The molecule has 6 nitrogen and oxygen atoms in total. The Morgan fingerprint density at radius 1 is 0.605 bits per heavy atom. The minimum absolute atomic E-state index is 0.399. The van der Waals surface area contributed by atoms with E-state index in [-0.39, 0.29) is 0 Å². The second-order valence-electron chi connectivity index (χ2n) is 10.1. The summed E-state index contributed by atoms with van der Waals surface area (Å²) in [5.74, 6) is -0.399. The number of hydrogen-bond donors (Lipinski definition) is 0. The number of hydrogen-bond acceptors (Lipinski definition) is 6. The predicted octanol–water partition coefficient (Wildman–Crippen LogP) is 7.46. The first kappa shape index (κ1) is 29.2. The van der Waals surface area contributed by atoms with Crippen molar-refractivity contribution in [3.63, 3.8) is 0 Å². The molecule has 3 aromatic carbocycles. The number of benzene rings is 3. The first-order valence-electron chi connectivity index (χ1n) is 11.8. The van der Waals surface area contributed by atoms with Crippen LogP contribution in [0.4, 0.5) is 22.7 Å². The number of esters is 1. The standard InChI is InChI=1S/C28H30Br4N4O2/c1-33(2)15-9-11-17(19(13-15)35(5)6)28(18-12-10-16(34(3)4)14-20(18)36(7)8)22-21(27(37)38-28)23(29)25(31)26(32)24(22)30/h9-14H,1-8H3. The highest BCUT2D eigenvalue weighted by molar-refractivity contribution is 9.15. The molecular weight excluding hydrogens is 744 g/mol. The third-order valence-corrected chi connectivity index (χ3v) is 11.6. The van der Waals surface area contributed by atoms with E-state index in [1.807, 2.05) is 56.4 Å². The molecule has 0 saturated heterocycles. The molecule has 0 atom stereocenters. The molecule has 3 aromatic rings. The van der Waals surface area contributed by atoms with Gasteiger partial charge in [-0.1, -0.05) is 12.1 Å². The van der Waals surface area contributed by atoms with Crippen molar-refractivity contribution in [3.8, 4) is 0 Å². The fourth-order valence-corrected chi connectivity index (χ4v) is 7.41. The molecule has 0 aliphatic carbocycles. The lowest BCUT2D eigenvalue weighted by atomic mass is 9.77. The Kier molecular flexibility index (Phi) is 8.21. The average Bonchev–Trinajstić information content (AvgIpc) is 3.18. The lowest BCUT2D eigenvalue weighted by molar-refractivity contribution is 0.0252. The second-order valence-corrected chi connectivity index (χ2v) is 13.2. The van der Waals surface area contributed by atoms with Crippen LogP contribution in [0.2, 0.25) is 0 Å². The zero-order valence-corrected chi connectivity index (χ0v) is 28.9. The SMILES string of the molecule is CN(C)c1ccc(C2(c3ccc(N(C)C)cc3N(C)C)OC(=O)c3c(Br)c(Br)c(Br)c(Br)c32)c(N(C)C)c1. The molecule has 0 saturated carbocycles. The number of halogens is 4. The first-order valence-corrected chi connectivity index (χ1v) is 15.0. The minimum atomic E-state index is -1.24. The van der Waals surface area contributed by atoms with E-state index in [1.54, 1.807) is 0 Å². The highest BCUT2D eigenvalue weighted by Crippen LogP contribution is 2.58. The van der Waals surface area contributed by atoms with Crippen LogP contribution < -0.4 is 19.6 Å². The highest BCUT2D eigenvalue weighted by Gasteiger charge is 2.54. The number of nitrogens with zero attached hydrogens (tertiary/aromatic N) is 4. The van der Waals surface area contributed by atoms with E-state index in [9.17, 15) is 4.79 Å². The number of carbonyl (C=O) groups is 1. The van der Waals surface area contributed by atoms with Crippen molar-refractivity contribution in [1.29, 1.82) is 0 Å². The fourth-order valence-electron chi connectivity index (χ4n) is 4.85. The smallest absolute Gasteiger partial charge is 0.341 e. The summed E-state index contributed by atoms with van der Waals surface area (Å²) in [4.78, 5) is 22.1. The third kappa shape index (κ3) is 4.55. The summed E-state index contributed by atoms with van der Waals surface area (Å²) in [6.07, 6.45) is 0. The maximum atomic E-state index is 13.8. The molecule has 1 aliphatic heterocycles. The number of fused-ring (bicyclic) bond motifs is 1. The lowest BCUT2D eigenvalue weighted by Crippen LogP contribution is -2.34. The molecular formula is C28H30Br4N4O2. The van der Waals surface area contributed by atoms with E-state index in [2.05, 4.69) is 120 Å². The van der Waals surface area contributed by atoms with Gasteiger partial charge in [-0.25, -0.2) is 4.79 Å². The summed E-state index contributed by atoms with van der Waals surface area (Å²) in [5, 5.41) is 0. The molecule has 1 heterocycles. The zero-order chi connectivity index (χ0) is 28.3. The van der Waals surface area contributed by atoms with Crippen LogP contribution in [0.25, 0.3) is 0 Å². The van der Waals surface area contributed by atoms with Crippen molar-refractivity contribution in [2.24, 2.45) is 0 Å². The van der Waals surface area contributed by atoms with E-state index in [0.29, 0.717) is 10.0 Å². The van der Waals surface area contributed by atoms with Gasteiger partial charge in [0.1, 0.15) is 0 Å². The van der Waals surface area contributed by atoms with Gasteiger partial charge >= 0.3 is 5.97 Å². The van der Waals surface area contributed by atoms with Gasteiger partial charge in [0.05, 0.1) is 5.56 Å². The molecule has 202 valence electrons. The van der Waals surface area contributed by atoms with Gasteiger partial charge in [-0.2, -0.15) is 0 Å². The minimum Gasteiger partial charge on any atom is -0.440 e. The molecule has 0 spiro atoms. The number of cyclic esters (lactones) is 1. The van der Waals surface area contributed by atoms with Crippen molar-refractivity contribution >= 4 is 92.4 Å². The van der Waals surface area contributed by atoms with E-state index in [0.717, 1.165) is 52.9 Å². The summed E-state index contributed by atoms with van der Waals surface area (Å²) >= 11 is 14.9. The Hall–Kier alpha value is -1.75. The van der Waals surface area contributed by atoms with Crippen LogP contribution in [0.5, 0.6) is 0 Å². The Bertz CT molecular complexity index is 1370. The van der Waals surface area contributed by atoms with Crippen LogP contribution in [0.1, 0.15) is 27.0 Å². The molecule has 10 heteroatoms. The maximum Gasteiger partial charge on any atom is 0.341 e. The first-order chi connectivity index (χ1) is 17.7. The van der Waals surface area contributed by atoms with E-state index in [4.69, 9.17) is 4.74 Å². The topological polar surface area (TPSA) is 39.3 Å². The fraction of sp³-hybridized carbons (Fsp3) is 0.321. The zero-order valence-electron chi connectivity index (χ0n) is 22.6. The molecule has 1 aliphatic rings. The third-order valence-electron chi connectivity index (χ3n) is 6.79. The Labute approximate surface area is 258 Å². The van der Waals surface area contributed by atoms with Crippen molar-refractivity contribution in [1.82, 2.24) is 0 Å². The number of anilines is 4. The Morgan fingerprint density at radius 2 is 1.03 bits per heavy atom. The van der Waals surface area contributed by atoms with Crippen LogP contribution in [-0.4, -0.2) is 62.4 Å². The summed E-state index contributed by atoms with van der Waals surface area (Å²) < 4.78 is 9.54. The van der Waals surface area contributed by atoms with Gasteiger partial charge in [-0.3, -0.25) is 0 Å². The van der Waals surface area contributed by atoms with Gasteiger partial charge < -0.3 is 24.3 Å². The van der Waals surface area contributed by atoms with Gasteiger partial charge in [-0.05, 0) is 88.0 Å². The largest absolute Gasteiger partial charge is 0.440 e. The monoisotopic (exact) mass is 770 g/mol. The molecule has 4 rings (SSSR count). The molecule has 0 amide bonds. The van der Waals surface area contributed by atoms with Gasteiger partial charge in [0.2, 0.25) is 0 Å². The number of carbonyl (C=O) groups excluding carboxylic acids is 1. The summed E-state index contributed by atoms with van der Waals surface area (Å²) in [6.45, 7) is 0. The van der Waals surface area contributed by atoms with E-state index in [1.165, 1.54) is 0 Å². The number of rotatable bonds is 6. The Morgan fingerprint density at radius 3 is 1.42 bits per heavy atom. The Balaban J connectivity index is 2.25. The van der Waals surface area contributed by atoms with Gasteiger partial charge in [-0.15, -0.1) is 0 Å². The molecule has 0 fully saturated rings. The van der Waals surface area contributed by atoms with Crippen LogP contribution in [0, 0.1) is 0 Å². The number of ether oxygens (including phenoxy) is 1. The van der Waals surface area contributed by atoms with Crippen molar-refractivity contribution in [2.45, 2.75) is 5.60 Å². The van der Waals surface area contributed by atoms with Crippen LogP contribution in [0.3, 0.4) is 0 Å². The maximum absolute atomic E-state index is 13.8. The van der Waals surface area contributed by atoms with Crippen LogP contribution in [-0.2, 0) is 10.3 Å². The molecule has 0 aromatic heterocycles. The van der Waals surface area contributed by atoms with Crippen molar-refractivity contribution in [3.05, 3.63) is 76.5 Å². The van der Waals surface area contributed by atoms with Crippen LogP contribution in [0.15, 0.2) is 54.3 Å². The van der Waals surface area contributed by atoms with Crippen molar-refractivity contribution in [2.75, 3.05) is 76.0 Å². The molecule has 0 radical (unpaired) electrons. The lowest BCUT2D eigenvalue weighted by Gasteiger charge is -2.37. The van der Waals surface area contributed by atoms with Gasteiger partial charge in [0, 0.05) is 114 Å². The molecule has 0 N–H and O–H groups in total. The molecule has 0 bridgehead atoms. The molecule has 38 heavy (non-hydrogen) atoms. The summed E-state index contributed by atoms with van der Waals surface area (Å²) in [7, 11) is 16.1. The molecule has 0 unspecified atom stereocenters. The second kappa shape index (κ2) is 10.7. The summed E-state index contributed by atoms with van der Waals surface area (Å²) in [6, 6.07) is 12.5. The van der Waals surface area contributed by atoms with Gasteiger partial charge in [0.15, 0.2) is 5.60 Å². The highest BCUT2D eigenvalue weighted by atomic mass is 79.9. The van der Waals surface area contributed by atoms with Crippen molar-refractivity contribution < 1.29 is 9.53 Å². The van der Waals surface area contributed by atoms with E-state index >= 15 is 0 Å². The van der Waals surface area contributed by atoms with Gasteiger partial charge in [0.25, 0.3) is 0 Å². The predicted molar refractivity (Wildman–Crippen MR) is 173 cm³/mol. The van der Waals surface area contributed by atoms with E-state index < -0.39 is 11.6 Å². The average molecular weight is 774 g/mol. The summed E-state index contributed by atoms with van der Waals surface area (Å²) in [5.41, 5.74) is 5.69. The van der Waals surface area contributed by atoms with Crippen LogP contribution >= 0.6 is 63.7 Å². The quantitative estimate of drug-likeness (QED) is 0.147.